The number of benzene rings is 1. The first-order valence-corrected chi connectivity index (χ1v) is 6.14. The lowest BCUT2D eigenvalue weighted by Gasteiger charge is -2.04. The lowest BCUT2D eigenvalue weighted by Crippen LogP contribution is -1.95. The van der Waals surface area contributed by atoms with Crippen LogP contribution in [0.1, 0.15) is 12.0 Å². The van der Waals surface area contributed by atoms with Crippen molar-refractivity contribution in [2.75, 3.05) is 5.75 Å². The van der Waals surface area contributed by atoms with Crippen LogP contribution in [-0.2, 0) is 6.42 Å². The Kier molecular flexibility index (Phi) is 4.08. The maximum Gasteiger partial charge on any atom is 0.187 e. The van der Waals surface area contributed by atoms with E-state index in [2.05, 4.69) is 15.5 Å². The van der Waals surface area contributed by atoms with Crippen LogP contribution < -0.4 is 0 Å². The summed E-state index contributed by atoms with van der Waals surface area (Å²) in [6.45, 7) is 0. The van der Waals surface area contributed by atoms with Crippen LogP contribution in [-0.4, -0.2) is 30.5 Å². The molecule has 18 heavy (non-hydrogen) atoms. The molecule has 1 aromatic heterocycles. The summed E-state index contributed by atoms with van der Waals surface area (Å²) >= 11 is 1.40. The first kappa shape index (κ1) is 12.7. The van der Waals surface area contributed by atoms with Gasteiger partial charge in [0.25, 0.3) is 0 Å². The maximum atomic E-state index is 13.0. The molecule has 1 aromatic carbocycles. The van der Waals surface area contributed by atoms with Crippen molar-refractivity contribution in [1.82, 2.24) is 19.6 Å². The summed E-state index contributed by atoms with van der Waals surface area (Å²) in [4.78, 5) is 0. The fraction of sp³-hybridized carbons (Fsp3) is 0.300. The summed E-state index contributed by atoms with van der Waals surface area (Å²) in [5.74, 6) is -2.08. The number of aromatic nitrogens is 4. The highest BCUT2D eigenvalue weighted by molar-refractivity contribution is 7.97. The number of nitrogens with zero attached hydrogens (tertiary/aromatic N) is 4. The zero-order chi connectivity index (χ0) is 13.0. The fourth-order valence-corrected chi connectivity index (χ4v) is 2.06. The van der Waals surface area contributed by atoms with E-state index in [1.54, 1.807) is 0 Å². The van der Waals surface area contributed by atoms with E-state index in [9.17, 15) is 8.78 Å². The van der Waals surface area contributed by atoms with Crippen LogP contribution in [0.15, 0.2) is 18.5 Å². The van der Waals surface area contributed by atoms with Crippen molar-refractivity contribution in [3.63, 3.8) is 0 Å². The molecular formula is C10H10F2N4OS. The predicted molar refractivity (Wildman–Crippen MR) is 62.0 cm³/mol. The number of phenolic OH excluding ortho intramolecular Hbond substituents is 1. The molecule has 0 radical (unpaired) electrons. The van der Waals surface area contributed by atoms with Crippen LogP contribution in [0.5, 0.6) is 5.75 Å². The highest BCUT2D eigenvalue weighted by Gasteiger charge is 2.09. The van der Waals surface area contributed by atoms with E-state index in [0.29, 0.717) is 18.4 Å². The Morgan fingerprint density at radius 1 is 1.28 bits per heavy atom. The molecule has 0 saturated carbocycles. The van der Waals surface area contributed by atoms with Gasteiger partial charge in [-0.25, -0.2) is 8.78 Å². The number of hydrogen-bond donors (Lipinski definition) is 1. The van der Waals surface area contributed by atoms with Gasteiger partial charge < -0.3 is 5.11 Å². The minimum atomic E-state index is -0.932. The van der Waals surface area contributed by atoms with Gasteiger partial charge in [0.05, 0.1) is 0 Å². The highest BCUT2D eigenvalue weighted by Crippen LogP contribution is 2.22. The SMILES string of the molecule is Oc1c(F)cc(CCCSn2cnnn2)cc1F. The van der Waals surface area contributed by atoms with Crippen molar-refractivity contribution in [3.05, 3.63) is 35.7 Å². The van der Waals surface area contributed by atoms with E-state index < -0.39 is 17.4 Å². The Bertz CT molecular complexity index is 498. The molecule has 2 aromatic rings. The van der Waals surface area contributed by atoms with E-state index in [0.717, 1.165) is 17.9 Å². The van der Waals surface area contributed by atoms with E-state index in [4.69, 9.17) is 5.11 Å². The molecule has 0 amide bonds. The van der Waals surface area contributed by atoms with E-state index in [1.807, 2.05) is 0 Å². The largest absolute Gasteiger partial charge is 0.503 e. The second-order valence-electron chi connectivity index (χ2n) is 3.56. The van der Waals surface area contributed by atoms with Crippen molar-refractivity contribution in [1.29, 1.82) is 0 Å². The number of hydrogen-bond acceptors (Lipinski definition) is 5. The fourth-order valence-electron chi connectivity index (χ4n) is 1.41. The van der Waals surface area contributed by atoms with Crippen LogP contribution in [0.4, 0.5) is 8.78 Å². The second-order valence-corrected chi connectivity index (χ2v) is 4.60. The first-order chi connectivity index (χ1) is 8.66. The Labute approximate surface area is 106 Å². The molecule has 0 aliphatic carbocycles. The lowest BCUT2D eigenvalue weighted by molar-refractivity contribution is 0.395. The monoisotopic (exact) mass is 272 g/mol. The minimum Gasteiger partial charge on any atom is -0.503 e. The standard InChI is InChI=1S/C10H10F2N4OS/c11-8-4-7(5-9(12)10(8)17)2-1-3-18-16-6-13-14-15-16/h4-6,17H,1-3H2. The number of halogens is 2. The van der Waals surface area contributed by atoms with Gasteiger partial charge in [0, 0.05) is 5.75 Å². The molecule has 0 saturated heterocycles. The van der Waals surface area contributed by atoms with Crippen molar-refractivity contribution < 1.29 is 13.9 Å². The highest BCUT2D eigenvalue weighted by atomic mass is 32.2. The summed E-state index contributed by atoms with van der Waals surface area (Å²) in [6.07, 6.45) is 2.71. The minimum absolute atomic E-state index is 0.514. The van der Waals surface area contributed by atoms with Gasteiger partial charge in [0.15, 0.2) is 23.7 Å². The average molecular weight is 272 g/mol. The number of aryl methyl sites for hydroxylation is 1. The number of phenols is 1. The molecule has 0 unspecified atom stereocenters. The molecule has 0 fully saturated rings. The summed E-state index contributed by atoms with van der Waals surface area (Å²) in [7, 11) is 0. The molecular weight excluding hydrogens is 262 g/mol. The van der Waals surface area contributed by atoms with E-state index >= 15 is 0 Å². The Balaban J connectivity index is 1.83. The van der Waals surface area contributed by atoms with Gasteiger partial charge in [0.2, 0.25) is 0 Å². The summed E-state index contributed by atoms with van der Waals surface area (Å²) in [5, 5.41) is 19.6. The normalized spacial score (nSPS) is 10.8. The van der Waals surface area contributed by atoms with Crippen molar-refractivity contribution in [2.24, 2.45) is 0 Å². The Morgan fingerprint density at radius 2 is 2.00 bits per heavy atom. The topological polar surface area (TPSA) is 63.8 Å². The van der Waals surface area contributed by atoms with Crippen LogP contribution in [0.25, 0.3) is 0 Å². The zero-order valence-corrected chi connectivity index (χ0v) is 10.1. The van der Waals surface area contributed by atoms with Crippen LogP contribution >= 0.6 is 11.9 Å². The Morgan fingerprint density at radius 3 is 2.61 bits per heavy atom. The molecule has 5 nitrogen and oxygen atoms in total. The zero-order valence-electron chi connectivity index (χ0n) is 9.25. The van der Waals surface area contributed by atoms with Gasteiger partial charge in [-0.1, -0.05) is 0 Å². The van der Waals surface area contributed by atoms with Crippen molar-refractivity contribution >= 4 is 11.9 Å². The summed E-state index contributed by atoms with van der Waals surface area (Å²) in [5.41, 5.74) is 0.514. The van der Waals surface area contributed by atoms with E-state index in [1.165, 1.54) is 22.4 Å². The third kappa shape index (κ3) is 3.16. The van der Waals surface area contributed by atoms with Crippen LogP contribution in [0.3, 0.4) is 0 Å². The third-order valence-electron chi connectivity index (χ3n) is 2.24. The number of tetrazole rings is 1. The van der Waals surface area contributed by atoms with Crippen molar-refractivity contribution in [2.45, 2.75) is 12.8 Å². The summed E-state index contributed by atoms with van der Waals surface area (Å²) in [6, 6.07) is 2.28. The molecule has 0 spiro atoms. The van der Waals surface area contributed by atoms with Gasteiger partial charge >= 0.3 is 0 Å². The molecule has 8 heteroatoms. The molecule has 0 aliphatic rings. The van der Waals surface area contributed by atoms with Crippen LogP contribution in [0, 0.1) is 11.6 Å². The molecule has 0 aliphatic heterocycles. The maximum absolute atomic E-state index is 13.0. The molecule has 1 heterocycles. The number of rotatable bonds is 5. The summed E-state index contributed by atoms with van der Waals surface area (Å²) < 4.78 is 27.6. The Hall–Kier alpha value is -1.70. The van der Waals surface area contributed by atoms with Gasteiger partial charge in [-0.3, -0.25) is 0 Å². The molecule has 0 atom stereocenters. The predicted octanol–water partition coefficient (Wildman–Crippen LogP) is 1.79. The van der Waals surface area contributed by atoms with Gasteiger partial charge in [-0.05, 0) is 52.9 Å². The van der Waals surface area contributed by atoms with Gasteiger partial charge in [0.1, 0.15) is 0 Å². The molecule has 2 rings (SSSR count). The van der Waals surface area contributed by atoms with Crippen molar-refractivity contribution in [3.8, 4) is 5.75 Å². The average Bonchev–Trinajstić information content (AvgIpc) is 2.84. The smallest absolute Gasteiger partial charge is 0.187 e. The van der Waals surface area contributed by atoms with Gasteiger partial charge in [-0.15, -0.1) is 5.10 Å². The third-order valence-corrected chi connectivity index (χ3v) is 3.14. The lowest BCUT2D eigenvalue weighted by atomic mass is 10.1. The van der Waals surface area contributed by atoms with E-state index in [-0.39, 0.29) is 0 Å². The first-order valence-electron chi connectivity index (χ1n) is 5.20. The quantitative estimate of drug-likeness (QED) is 0.841. The van der Waals surface area contributed by atoms with Gasteiger partial charge in [-0.2, -0.15) is 4.09 Å². The molecule has 96 valence electrons. The number of aromatic hydroxyl groups is 1. The second kappa shape index (κ2) is 5.76. The van der Waals surface area contributed by atoms with Crippen LogP contribution in [0.2, 0.25) is 0 Å². The molecule has 1 N–H and O–H groups in total. The molecule has 0 bridgehead atoms.